The van der Waals surface area contributed by atoms with Crippen LogP contribution < -0.4 is 4.74 Å². The standard InChI is InChI=1S/C23H18Cl2N4O/c1-14-20-21(15-8-10-18(30-2)11-9-15)28-13-16(24)12-19(25)22(28)26-23(20)29(27-14)17-6-4-3-5-7-17/h3-13,21H,1-2H3/t21-/m0/s1. The summed E-state index contributed by atoms with van der Waals surface area (Å²) in [6.07, 6.45) is 3.58. The Hall–Kier alpha value is -3.02. The number of para-hydroxylation sites is 1. The second kappa shape index (κ2) is 7.35. The Kier molecular flexibility index (Phi) is 4.65. The lowest BCUT2D eigenvalue weighted by Gasteiger charge is -2.37. The summed E-state index contributed by atoms with van der Waals surface area (Å²) in [7, 11) is 1.66. The number of hydrogen-bond donors (Lipinski definition) is 0. The second-order valence-electron chi connectivity index (χ2n) is 7.09. The number of rotatable bonds is 3. The van der Waals surface area contributed by atoms with Crippen molar-refractivity contribution < 1.29 is 4.74 Å². The molecule has 30 heavy (non-hydrogen) atoms. The molecule has 2 aromatic carbocycles. The molecule has 3 heterocycles. The van der Waals surface area contributed by atoms with Crippen molar-refractivity contribution in [3.8, 4) is 11.4 Å². The summed E-state index contributed by atoms with van der Waals surface area (Å²) in [5, 5.41) is 5.86. The minimum Gasteiger partial charge on any atom is -0.497 e. The third kappa shape index (κ3) is 3.02. The summed E-state index contributed by atoms with van der Waals surface area (Å²) < 4.78 is 7.21. The predicted octanol–water partition coefficient (Wildman–Crippen LogP) is 5.84. The van der Waals surface area contributed by atoms with Crippen LogP contribution in [0.15, 0.2) is 81.9 Å². The molecule has 0 saturated carbocycles. The molecule has 3 aromatic rings. The Morgan fingerprint density at radius 3 is 2.43 bits per heavy atom. The Morgan fingerprint density at radius 1 is 1.00 bits per heavy atom. The van der Waals surface area contributed by atoms with Gasteiger partial charge in [0.2, 0.25) is 0 Å². The number of allylic oxidation sites excluding steroid dienone is 2. The van der Waals surface area contributed by atoms with Crippen molar-refractivity contribution in [3.05, 3.63) is 93.8 Å². The first-order chi connectivity index (χ1) is 14.6. The number of hydrogen-bond acceptors (Lipinski definition) is 4. The van der Waals surface area contributed by atoms with Gasteiger partial charge >= 0.3 is 0 Å². The van der Waals surface area contributed by atoms with E-state index in [1.807, 2.05) is 77.3 Å². The third-order valence-electron chi connectivity index (χ3n) is 5.26. The lowest BCUT2D eigenvalue weighted by molar-refractivity contribution is 0.413. The molecule has 2 aliphatic heterocycles. The molecule has 150 valence electrons. The van der Waals surface area contributed by atoms with Gasteiger partial charge in [-0.25, -0.2) is 9.67 Å². The van der Waals surface area contributed by atoms with E-state index in [9.17, 15) is 0 Å². The van der Waals surface area contributed by atoms with Gasteiger partial charge in [0, 0.05) is 11.8 Å². The maximum atomic E-state index is 6.57. The van der Waals surface area contributed by atoms with Crippen LogP contribution in [0.1, 0.15) is 22.9 Å². The van der Waals surface area contributed by atoms with E-state index >= 15 is 0 Å². The lowest BCUT2D eigenvalue weighted by Crippen LogP contribution is -2.35. The monoisotopic (exact) mass is 436 g/mol. The maximum Gasteiger partial charge on any atom is 0.164 e. The molecular formula is C23H18Cl2N4O. The van der Waals surface area contributed by atoms with Crippen molar-refractivity contribution in [1.82, 2.24) is 14.7 Å². The molecule has 7 heteroatoms. The van der Waals surface area contributed by atoms with E-state index in [4.69, 9.17) is 38.0 Å². The first kappa shape index (κ1) is 19.0. The van der Waals surface area contributed by atoms with Gasteiger partial charge in [0.15, 0.2) is 11.7 Å². The first-order valence-corrected chi connectivity index (χ1v) is 10.2. The number of nitrogens with zero attached hydrogens (tertiary/aromatic N) is 4. The minimum absolute atomic E-state index is 0.174. The van der Waals surface area contributed by atoms with E-state index in [0.717, 1.165) is 34.1 Å². The summed E-state index contributed by atoms with van der Waals surface area (Å²) in [5.41, 5.74) is 3.91. The van der Waals surface area contributed by atoms with Crippen LogP contribution in [-0.2, 0) is 0 Å². The molecule has 0 N–H and O–H groups in total. The van der Waals surface area contributed by atoms with Gasteiger partial charge in [-0.2, -0.15) is 5.10 Å². The molecule has 0 bridgehead atoms. The van der Waals surface area contributed by atoms with Gasteiger partial charge in [0.25, 0.3) is 0 Å². The third-order valence-corrected chi connectivity index (χ3v) is 5.75. The van der Waals surface area contributed by atoms with Gasteiger partial charge in [-0.05, 0) is 42.8 Å². The van der Waals surface area contributed by atoms with Crippen molar-refractivity contribution in [1.29, 1.82) is 0 Å². The van der Waals surface area contributed by atoms with Gasteiger partial charge in [-0.15, -0.1) is 0 Å². The highest BCUT2D eigenvalue weighted by Gasteiger charge is 2.37. The highest BCUT2D eigenvalue weighted by atomic mass is 35.5. The van der Waals surface area contributed by atoms with Gasteiger partial charge in [-0.1, -0.05) is 53.5 Å². The number of methoxy groups -OCH3 is 1. The van der Waals surface area contributed by atoms with Crippen molar-refractivity contribution in [3.63, 3.8) is 0 Å². The molecule has 5 nitrogen and oxygen atoms in total. The summed E-state index contributed by atoms with van der Waals surface area (Å²) >= 11 is 12.9. The molecule has 1 atom stereocenters. The fourth-order valence-electron chi connectivity index (χ4n) is 3.91. The molecule has 0 amide bonds. The molecule has 0 spiro atoms. The Bertz CT molecular complexity index is 1210. The minimum atomic E-state index is -0.174. The first-order valence-electron chi connectivity index (χ1n) is 9.47. The number of aliphatic imine (C=N–C) groups is 1. The van der Waals surface area contributed by atoms with E-state index in [0.29, 0.717) is 15.9 Å². The van der Waals surface area contributed by atoms with Crippen LogP contribution in [0.5, 0.6) is 5.75 Å². The number of ether oxygens (including phenoxy) is 1. The van der Waals surface area contributed by atoms with E-state index in [1.54, 1.807) is 13.2 Å². The van der Waals surface area contributed by atoms with Crippen LogP contribution in [0.2, 0.25) is 0 Å². The molecule has 2 aliphatic rings. The molecule has 1 aromatic heterocycles. The number of amidine groups is 1. The summed E-state index contributed by atoms with van der Waals surface area (Å²) in [5.74, 6) is 2.21. The average molecular weight is 437 g/mol. The van der Waals surface area contributed by atoms with Gasteiger partial charge in [0.1, 0.15) is 5.75 Å². The number of aromatic nitrogens is 2. The SMILES string of the molecule is COc1ccc([C@H]2c3c(C)nn(-c4ccccc4)c3N=C3C(Cl)=CC(Cl)=CN32)cc1. The average Bonchev–Trinajstić information content (AvgIpc) is 3.09. The van der Waals surface area contributed by atoms with Crippen LogP contribution in [-0.4, -0.2) is 27.6 Å². The van der Waals surface area contributed by atoms with Crippen LogP contribution in [0.25, 0.3) is 5.69 Å². The smallest absolute Gasteiger partial charge is 0.164 e. The fraction of sp³-hybridized carbons (Fsp3) is 0.130. The van der Waals surface area contributed by atoms with Crippen LogP contribution in [0.4, 0.5) is 5.82 Å². The number of halogens is 2. The lowest BCUT2D eigenvalue weighted by atomic mass is 9.94. The van der Waals surface area contributed by atoms with Gasteiger partial charge in [-0.3, -0.25) is 0 Å². The van der Waals surface area contributed by atoms with Crippen LogP contribution in [0.3, 0.4) is 0 Å². The molecule has 0 radical (unpaired) electrons. The van der Waals surface area contributed by atoms with Gasteiger partial charge < -0.3 is 9.64 Å². The molecule has 0 unspecified atom stereocenters. The second-order valence-corrected chi connectivity index (χ2v) is 7.94. The highest BCUT2D eigenvalue weighted by molar-refractivity contribution is 6.45. The van der Waals surface area contributed by atoms with Crippen molar-refractivity contribution >= 4 is 34.9 Å². The Morgan fingerprint density at radius 2 is 1.73 bits per heavy atom. The molecule has 0 saturated heterocycles. The summed E-state index contributed by atoms with van der Waals surface area (Å²) in [6, 6.07) is 17.8. The maximum absolute atomic E-state index is 6.57. The summed E-state index contributed by atoms with van der Waals surface area (Å²) in [4.78, 5) is 6.92. The van der Waals surface area contributed by atoms with Crippen LogP contribution in [0, 0.1) is 6.92 Å². The van der Waals surface area contributed by atoms with Gasteiger partial charge in [0.05, 0.1) is 34.6 Å². The van der Waals surface area contributed by atoms with Crippen molar-refractivity contribution in [2.75, 3.05) is 7.11 Å². The number of aryl methyl sites for hydroxylation is 1. The zero-order chi connectivity index (χ0) is 20.8. The zero-order valence-electron chi connectivity index (χ0n) is 16.4. The van der Waals surface area contributed by atoms with E-state index in [-0.39, 0.29) is 6.04 Å². The molecular weight excluding hydrogens is 419 g/mol. The van der Waals surface area contributed by atoms with Crippen molar-refractivity contribution in [2.45, 2.75) is 13.0 Å². The molecule has 0 fully saturated rings. The summed E-state index contributed by atoms with van der Waals surface area (Å²) in [6.45, 7) is 2.00. The highest BCUT2D eigenvalue weighted by Crippen LogP contribution is 2.45. The normalized spacial score (nSPS) is 17.5. The zero-order valence-corrected chi connectivity index (χ0v) is 17.9. The number of benzene rings is 2. The quantitative estimate of drug-likeness (QED) is 0.517. The van der Waals surface area contributed by atoms with Crippen molar-refractivity contribution in [2.24, 2.45) is 4.99 Å². The van der Waals surface area contributed by atoms with E-state index < -0.39 is 0 Å². The predicted molar refractivity (Wildman–Crippen MR) is 120 cm³/mol. The number of fused-ring (bicyclic) bond motifs is 2. The van der Waals surface area contributed by atoms with E-state index in [2.05, 4.69) is 0 Å². The van der Waals surface area contributed by atoms with Crippen LogP contribution >= 0.6 is 23.2 Å². The largest absolute Gasteiger partial charge is 0.497 e. The fourth-order valence-corrected chi connectivity index (χ4v) is 4.43. The van der Waals surface area contributed by atoms with E-state index in [1.165, 1.54) is 0 Å². The Balaban J connectivity index is 1.76. The Labute approximate surface area is 184 Å². The molecule has 5 rings (SSSR count). The topological polar surface area (TPSA) is 42.6 Å². The molecule has 0 aliphatic carbocycles.